The Morgan fingerprint density at radius 2 is 2.00 bits per heavy atom. The van der Waals surface area contributed by atoms with Crippen LogP contribution in [0.3, 0.4) is 0 Å². The van der Waals surface area contributed by atoms with Crippen molar-refractivity contribution in [3.63, 3.8) is 0 Å². The van der Waals surface area contributed by atoms with Crippen molar-refractivity contribution in [3.05, 3.63) is 71.7 Å². The number of likely N-dealkylation sites (tertiary alicyclic amines) is 1. The standard InChI is InChI=1S/C27H21ClF3N5O/c1-14(29)5-8-21(37)35-10-9-19-20(35)12-36(19)27-17-11-32-25(24(31)26(17)33-13-34-27)16-4-2-3-15-6-7-18(30)23(28)22(15)16/h2-8,11,13-14,19-20H,9-10,12H2,1H3/b8-5+/t14?,19-,20-/m1/s1. The van der Waals surface area contributed by atoms with Gasteiger partial charge in [-0.25, -0.2) is 23.1 Å². The number of carbonyl (C=O) groups is 1. The van der Waals surface area contributed by atoms with Crippen molar-refractivity contribution in [1.82, 2.24) is 19.9 Å². The molecule has 2 fully saturated rings. The lowest BCUT2D eigenvalue weighted by molar-refractivity contribution is -0.127. The van der Waals surface area contributed by atoms with E-state index in [0.717, 1.165) is 6.42 Å². The fraction of sp³-hybridized carbons (Fsp3) is 0.259. The predicted octanol–water partition coefficient (Wildman–Crippen LogP) is 5.48. The molecule has 3 atom stereocenters. The maximum atomic E-state index is 15.9. The number of amides is 1. The van der Waals surface area contributed by atoms with Gasteiger partial charge in [-0.2, -0.15) is 0 Å². The van der Waals surface area contributed by atoms with Gasteiger partial charge in [-0.1, -0.05) is 35.9 Å². The lowest BCUT2D eigenvalue weighted by Gasteiger charge is -2.47. The van der Waals surface area contributed by atoms with Gasteiger partial charge in [0.05, 0.1) is 22.5 Å². The summed E-state index contributed by atoms with van der Waals surface area (Å²) in [5.41, 5.74) is 0.475. The Kier molecular flexibility index (Phi) is 5.75. The number of pyridine rings is 1. The van der Waals surface area contributed by atoms with Crippen LogP contribution in [-0.2, 0) is 4.79 Å². The number of allylic oxidation sites excluding steroid dienone is 1. The van der Waals surface area contributed by atoms with Crippen LogP contribution in [0.5, 0.6) is 0 Å². The fourth-order valence-electron chi connectivity index (χ4n) is 5.35. The quantitative estimate of drug-likeness (QED) is 0.331. The van der Waals surface area contributed by atoms with Crippen LogP contribution in [0.4, 0.5) is 19.0 Å². The Hall–Kier alpha value is -3.72. The van der Waals surface area contributed by atoms with E-state index in [1.165, 1.54) is 37.7 Å². The first-order valence-corrected chi connectivity index (χ1v) is 12.3. The van der Waals surface area contributed by atoms with Crippen LogP contribution >= 0.6 is 11.6 Å². The van der Waals surface area contributed by atoms with E-state index in [0.29, 0.717) is 40.6 Å². The van der Waals surface area contributed by atoms with Gasteiger partial charge in [-0.05, 0) is 30.9 Å². The number of carbonyl (C=O) groups excluding carboxylic acids is 1. The second-order valence-electron chi connectivity index (χ2n) is 9.29. The van der Waals surface area contributed by atoms with E-state index in [-0.39, 0.29) is 34.2 Å². The molecule has 6 rings (SSSR count). The number of hydrogen-bond donors (Lipinski definition) is 0. The Balaban J connectivity index is 1.36. The molecule has 2 aromatic carbocycles. The molecule has 1 amide bonds. The summed E-state index contributed by atoms with van der Waals surface area (Å²) in [4.78, 5) is 29.2. The van der Waals surface area contributed by atoms with Crippen molar-refractivity contribution in [2.75, 3.05) is 18.0 Å². The van der Waals surface area contributed by atoms with Gasteiger partial charge in [0.1, 0.15) is 35.3 Å². The highest BCUT2D eigenvalue weighted by atomic mass is 35.5. The smallest absolute Gasteiger partial charge is 0.246 e. The number of benzene rings is 2. The molecule has 0 spiro atoms. The van der Waals surface area contributed by atoms with Crippen molar-refractivity contribution >= 4 is 45.0 Å². The maximum Gasteiger partial charge on any atom is 0.246 e. The van der Waals surface area contributed by atoms with Gasteiger partial charge in [0.25, 0.3) is 0 Å². The zero-order valence-corrected chi connectivity index (χ0v) is 20.5. The highest BCUT2D eigenvalue weighted by Crippen LogP contribution is 2.40. The minimum absolute atomic E-state index is 0.0147. The molecule has 1 unspecified atom stereocenters. The normalized spacial score (nSPS) is 20.0. The van der Waals surface area contributed by atoms with Crippen molar-refractivity contribution in [2.24, 2.45) is 0 Å². The molecule has 0 saturated carbocycles. The number of nitrogens with zero attached hydrogens (tertiary/aromatic N) is 5. The Morgan fingerprint density at radius 3 is 2.81 bits per heavy atom. The van der Waals surface area contributed by atoms with Crippen LogP contribution in [0.1, 0.15) is 13.3 Å². The van der Waals surface area contributed by atoms with E-state index in [2.05, 4.69) is 15.0 Å². The first-order valence-electron chi connectivity index (χ1n) is 11.9. The molecule has 2 saturated heterocycles. The van der Waals surface area contributed by atoms with Crippen molar-refractivity contribution in [3.8, 4) is 11.3 Å². The molecule has 4 aromatic rings. The van der Waals surface area contributed by atoms with Gasteiger partial charge in [0.15, 0.2) is 5.82 Å². The molecule has 188 valence electrons. The SMILES string of the molecule is CC(F)/C=C/C(=O)N1CC[C@@H]2[C@H]1CN2c1ncnc2c(F)c(-c3cccc4ccc(F)c(Cl)c34)ncc12. The van der Waals surface area contributed by atoms with Gasteiger partial charge in [0.2, 0.25) is 5.91 Å². The summed E-state index contributed by atoms with van der Waals surface area (Å²) < 4.78 is 43.2. The van der Waals surface area contributed by atoms with E-state index < -0.39 is 17.8 Å². The third kappa shape index (κ3) is 3.80. The number of alkyl halides is 1. The number of aromatic nitrogens is 3. The number of halogens is 4. The van der Waals surface area contributed by atoms with Gasteiger partial charge in [-0.15, -0.1) is 0 Å². The largest absolute Gasteiger partial charge is 0.349 e. The molecule has 6 nitrogen and oxygen atoms in total. The van der Waals surface area contributed by atoms with Crippen molar-refractivity contribution < 1.29 is 18.0 Å². The summed E-state index contributed by atoms with van der Waals surface area (Å²) >= 11 is 6.26. The minimum Gasteiger partial charge on any atom is -0.349 e. The number of anilines is 1. The summed E-state index contributed by atoms with van der Waals surface area (Å²) in [6.07, 6.45) is 4.87. The van der Waals surface area contributed by atoms with Crippen LogP contribution in [0.2, 0.25) is 5.02 Å². The van der Waals surface area contributed by atoms with Crippen LogP contribution in [-0.4, -0.2) is 57.1 Å². The second-order valence-corrected chi connectivity index (χ2v) is 9.67. The van der Waals surface area contributed by atoms with Gasteiger partial charge >= 0.3 is 0 Å². The van der Waals surface area contributed by atoms with Gasteiger partial charge in [-0.3, -0.25) is 9.78 Å². The molecule has 0 N–H and O–H groups in total. The van der Waals surface area contributed by atoms with E-state index in [1.807, 2.05) is 4.90 Å². The highest BCUT2D eigenvalue weighted by Gasteiger charge is 2.49. The molecule has 2 aromatic heterocycles. The predicted molar refractivity (Wildman–Crippen MR) is 136 cm³/mol. The van der Waals surface area contributed by atoms with E-state index >= 15 is 4.39 Å². The fourth-order valence-corrected chi connectivity index (χ4v) is 5.62. The summed E-state index contributed by atoms with van der Waals surface area (Å²) in [5.74, 6) is -0.932. The zero-order chi connectivity index (χ0) is 25.8. The number of fused-ring (bicyclic) bond motifs is 3. The lowest BCUT2D eigenvalue weighted by Crippen LogP contribution is -2.63. The van der Waals surface area contributed by atoms with Crippen molar-refractivity contribution in [1.29, 1.82) is 0 Å². The summed E-state index contributed by atoms with van der Waals surface area (Å²) in [7, 11) is 0. The third-order valence-corrected chi connectivity index (χ3v) is 7.51. The molecular formula is C27H21ClF3N5O. The summed E-state index contributed by atoms with van der Waals surface area (Å²) in [5, 5.41) is 1.38. The van der Waals surface area contributed by atoms with Crippen LogP contribution in [0, 0.1) is 11.6 Å². The first-order chi connectivity index (χ1) is 17.8. The molecule has 37 heavy (non-hydrogen) atoms. The molecular weight excluding hydrogens is 503 g/mol. The molecule has 0 radical (unpaired) electrons. The minimum atomic E-state index is -1.19. The maximum absolute atomic E-state index is 15.9. The molecule has 0 bridgehead atoms. The molecule has 2 aliphatic rings. The van der Waals surface area contributed by atoms with Crippen molar-refractivity contribution in [2.45, 2.75) is 31.6 Å². The number of rotatable bonds is 4. The highest BCUT2D eigenvalue weighted by molar-refractivity contribution is 6.36. The molecule has 2 aliphatic heterocycles. The van der Waals surface area contributed by atoms with E-state index in [9.17, 15) is 13.6 Å². The Labute approximate surface area is 215 Å². The van der Waals surface area contributed by atoms with Gasteiger partial charge in [0, 0.05) is 36.3 Å². The first kappa shape index (κ1) is 23.7. The molecule has 10 heteroatoms. The topological polar surface area (TPSA) is 62.2 Å². The van der Waals surface area contributed by atoms with Crippen LogP contribution < -0.4 is 4.90 Å². The van der Waals surface area contributed by atoms with Gasteiger partial charge < -0.3 is 9.80 Å². The van der Waals surface area contributed by atoms with Crippen LogP contribution in [0.25, 0.3) is 32.9 Å². The lowest BCUT2D eigenvalue weighted by atomic mass is 9.96. The summed E-state index contributed by atoms with van der Waals surface area (Å²) in [6, 6.07) is 8.00. The second kappa shape index (κ2) is 8.99. The number of hydrogen-bond acceptors (Lipinski definition) is 5. The summed E-state index contributed by atoms with van der Waals surface area (Å²) in [6.45, 7) is 2.44. The average molecular weight is 524 g/mol. The Morgan fingerprint density at radius 1 is 1.16 bits per heavy atom. The Bertz CT molecular complexity index is 1590. The zero-order valence-electron chi connectivity index (χ0n) is 19.7. The van der Waals surface area contributed by atoms with E-state index in [4.69, 9.17) is 11.6 Å². The van der Waals surface area contributed by atoms with E-state index in [1.54, 1.807) is 29.2 Å². The molecule has 4 heterocycles. The van der Waals surface area contributed by atoms with Crippen LogP contribution in [0.15, 0.2) is 55.0 Å². The average Bonchev–Trinajstić information content (AvgIpc) is 3.21. The third-order valence-electron chi connectivity index (χ3n) is 7.15. The monoisotopic (exact) mass is 523 g/mol. The molecule has 0 aliphatic carbocycles.